The molecule has 198 valence electrons. The highest BCUT2D eigenvalue weighted by Crippen LogP contribution is 2.45. The number of hydrogen-bond acceptors (Lipinski definition) is 6. The molecule has 1 aliphatic rings. The minimum atomic E-state index is -1.29. The van der Waals surface area contributed by atoms with Gasteiger partial charge in [0.25, 0.3) is 0 Å². The van der Waals surface area contributed by atoms with Crippen molar-refractivity contribution in [1.29, 1.82) is 0 Å². The van der Waals surface area contributed by atoms with Gasteiger partial charge in [-0.15, -0.1) is 0 Å². The third-order valence-electron chi connectivity index (χ3n) is 6.92. The third kappa shape index (κ3) is 6.81. The number of carbonyl (C=O) groups is 2. The fourth-order valence-corrected chi connectivity index (χ4v) is 5.32. The van der Waals surface area contributed by atoms with E-state index in [9.17, 15) is 14.7 Å². The van der Waals surface area contributed by atoms with Crippen LogP contribution in [0, 0.1) is 12.8 Å². The molecule has 8 nitrogen and oxygen atoms in total. The van der Waals surface area contributed by atoms with Crippen molar-refractivity contribution in [3.63, 3.8) is 0 Å². The van der Waals surface area contributed by atoms with Crippen molar-refractivity contribution in [2.45, 2.75) is 51.0 Å². The van der Waals surface area contributed by atoms with Crippen molar-refractivity contribution >= 4 is 23.6 Å². The van der Waals surface area contributed by atoms with Gasteiger partial charge in [-0.05, 0) is 76.4 Å². The van der Waals surface area contributed by atoms with Crippen LogP contribution < -0.4 is 10.6 Å². The van der Waals surface area contributed by atoms with E-state index < -0.39 is 11.7 Å². The number of methoxy groups -OCH3 is 1. The summed E-state index contributed by atoms with van der Waals surface area (Å²) in [6.07, 6.45) is 3.20. The van der Waals surface area contributed by atoms with Crippen LogP contribution in [0.15, 0.2) is 34.7 Å². The quantitative estimate of drug-likeness (QED) is 0.378. The Hall–Kier alpha value is -2.55. The SMILES string of the molecule is CNCCCC(=O)N1CCCC(C(O)(CCCNC(=O)OC)c2cccc(Cl)c2-c2ccc(C)o2)C1. The number of piperidine rings is 1. The van der Waals surface area contributed by atoms with Gasteiger partial charge in [-0.25, -0.2) is 4.79 Å². The minimum Gasteiger partial charge on any atom is -0.461 e. The first-order valence-corrected chi connectivity index (χ1v) is 13.0. The Labute approximate surface area is 218 Å². The maximum Gasteiger partial charge on any atom is 0.406 e. The van der Waals surface area contributed by atoms with Crippen LogP contribution in [0.2, 0.25) is 5.02 Å². The van der Waals surface area contributed by atoms with E-state index in [1.807, 2.05) is 43.1 Å². The number of likely N-dealkylation sites (tertiary alicyclic amines) is 1. The van der Waals surface area contributed by atoms with E-state index in [0.29, 0.717) is 60.8 Å². The molecule has 1 saturated heterocycles. The second-order valence-corrected chi connectivity index (χ2v) is 9.81. The highest BCUT2D eigenvalue weighted by atomic mass is 35.5. The number of benzene rings is 1. The topological polar surface area (TPSA) is 104 Å². The van der Waals surface area contributed by atoms with Gasteiger partial charge in [0.05, 0.1) is 17.7 Å². The Kier molecular flexibility index (Phi) is 10.2. The van der Waals surface area contributed by atoms with Gasteiger partial charge in [-0.1, -0.05) is 23.7 Å². The Balaban J connectivity index is 1.93. The second-order valence-electron chi connectivity index (χ2n) is 9.40. The summed E-state index contributed by atoms with van der Waals surface area (Å²) >= 11 is 6.67. The summed E-state index contributed by atoms with van der Waals surface area (Å²) in [6.45, 7) is 4.15. The molecule has 9 heteroatoms. The first kappa shape index (κ1) is 28.0. The Morgan fingerprint density at radius 2 is 2.06 bits per heavy atom. The van der Waals surface area contributed by atoms with Crippen LogP contribution in [0.1, 0.15) is 49.8 Å². The Bertz CT molecular complexity index is 1030. The monoisotopic (exact) mass is 519 g/mol. The molecule has 0 bridgehead atoms. The maximum absolute atomic E-state index is 12.9. The zero-order valence-electron chi connectivity index (χ0n) is 21.4. The molecule has 1 aliphatic heterocycles. The molecule has 3 rings (SSSR count). The lowest BCUT2D eigenvalue weighted by atomic mass is 9.72. The molecule has 1 aromatic heterocycles. The summed E-state index contributed by atoms with van der Waals surface area (Å²) in [6, 6.07) is 9.24. The lowest BCUT2D eigenvalue weighted by Crippen LogP contribution is -2.48. The molecule has 2 heterocycles. The number of ether oxygens (including phenoxy) is 1. The standard InChI is InChI=1S/C27H38ClN3O5/c1-19-12-13-23(36-19)25-21(9-4-10-22(25)28)27(34,14-7-16-30-26(33)35-3)20-8-6-17-31(18-20)24(32)11-5-15-29-2/h4,9-10,12-13,20,29,34H,5-8,11,14-18H2,1-3H3,(H,30,33). The molecule has 2 atom stereocenters. The molecular formula is C27H38ClN3O5. The van der Waals surface area contributed by atoms with Gasteiger partial charge in [0.2, 0.25) is 5.91 Å². The van der Waals surface area contributed by atoms with Crippen LogP contribution in [0.4, 0.5) is 4.79 Å². The number of nitrogens with one attached hydrogen (secondary N) is 2. The smallest absolute Gasteiger partial charge is 0.406 e. The average molecular weight is 520 g/mol. The lowest BCUT2D eigenvalue weighted by Gasteiger charge is -2.43. The van der Waals surface area contributed by atoms with Crippen LogP contribution in [0.5, 0.6) is 0 Å². The Morgan fingerprint density at radius 3 is 2.75 bits per heavy atom. The van der Waals surface area contributed by atoms with Crippen molar-refractivity contribution in [3.8, 4) is 11.3 Å². The molecular weight excluding hydrogens is 482 g/mol. The van der Waals surface area contributed by atoms with E-state index in [-0.39, 0.29) is 11.8 Å². The first-order valence-electron chi connectivity index (χ1n) is 12.6. The largest absolute Gasteiger partial charge is 0.461 e. The number of hydrogen-bond donors (Lipinski definition) is 3. The zero-order valence-corrected chi connectivity index (χ0v) is 22.2. The lowest BCUT2D eigenvalue weighted by molar-refractivity contribution is -0.136. The number of amides is 2. The molecule has 1 aromatic carbocycles. The van der Waals surface area contributed by atoms with Crippen molar-refractivity contribution in [1.82, 2.24) is 15.5 Å². The van der Waals surface area contributed by atoms with Crippen molar-refractivity contribution in [2.75, 3.05) is 40.3 Å². The number of nitrogens with zero attached hydrogens (tertiary/aromatic N) is 1. The number of aryl methyl sites for hydroxylation is 1. The number of halogens is 1. The van der Waals surface area contributed by atoms with Gasteiger partial charge in [0.1, 0.15) is 11.5 Å². The molecule has 36 heavy (non-hydrogen) atoms. The first-order chi connectivity index (χ1) is 17.3. The Morgan fingerprint density at radius 1 is 1.25 bits per heavy atom. The fraction of sp³-hybridized carbons (Fsp3) is 0.556. The summed E-state index contributed by atoms with van der Waals surface area (Å²) in [5, 5.41) is 18.7. The number of carbonyl (C=O) groups excluding carboxylic acids is 2. The van der Waals surface area contributed by atoms with E-state index in [1.54, 1.807) is 6.07 Å². The van der Waals surface area contributed by atoms with E-state index >= 15 is 0 Å². The number of aliphatic hydroxyl groups is 1. The molecule has 2 aromatic rings. The highest BCUT2D eigenvalue weighted by molar-refractivity contribution is 6.33. The summed E-state index contributed by atoms with van der Waals surface area (Å²) in [5.74, 6) is 1.25. The van der Waals surface area contributed by atoms with Crippen LogP contribution in [0.3, 0.4) is 0 Å². The summed E-state index contributed by atoms with van der Waals surface area (Å²) in [7, 11) is 3.19. The van der Waals surface area contributed by atoms with Gasteiger partial charge < -0.3 is 29.8 Å². The highest BCUT2D eigenvalue weighted by Gasteiger charge is 2.43. The molecule has 0 aliphatic carbocycles. The fourth-order valence-electron chi connectivity index (χ4n) is 5.05. The molecule has 0 saturated carbocycles. The summed E-state index contributed by atoms with van der Waals surface area (Å²) < 4.78 is 10.6. The van der Waals surface area contributed by atoms with Gasteiger partial charge in [-0.2, -0.15) is 0 Å². The molecule has 0 radical (unpaired) electrons. The summed E-state index contributed by atoms with van der Waals surface area (Å²) in [5.41, 5.74) is 0.0490. The molecule has 3 N–H and O–H groups in total. The van der Waals surface area contributed by atoms with Gasteiger partial charge >= 0.3 is 6.09 Å². The van der Waals surface area contributed by atoms with Crippen molar-refractivity contribution < 1.29 is 23.8 Å². The van der Waals surface area contributed by atoms with Crippen LogP contribution in [0.25, 0.3) is 11.3 Å². The van der Waals surface area contributed by atoms with Gasteiger partial charge in [0.15, 0.2) is 0 Å². The molecule has 0 spiro atoms. The maximum atomic E-state index is 12.9. The van der Waals surface area contributed by atoms with Crippen LogP contribution >= 0.6 is 11.6 Å². The molecule has 1 fully saturated rings. The minimum absolute atomic E-state index is 0.109. The van der Waals surface area contributed by atoms with Crippen LogP contribution in [-0.4, -0.2) is 62.3 Å². The van der Waals surface area contributed by atoms with Gasteiger partial charge in [0, 0.05) is 37.5 Å². The molecule has 2 unspecified atom stereocenters. The number of furan rings is 1. The second kappa shape index (κ2) is 13.1. The number of alkyl carbamates (subject to hydrolysis) is 1. The van der Waals surface area contributed by atoms with E-state index in [0.717, 1.165) is 31.6 Å². The summed E-state index contributed by atoms with van der Waals surface area (Å²) in [4.78, 5) is 26.3. The zero-order chi connectivity index (χ0) is 26.1. The normalized spacial score (nSPS) is 17.5. The van der Waals surface area contributed by atoms with Crippen LogP contribution in [-0.2, 0) is 15.1 Å². The average Bonchev–Trinajstić information content (AvgIpc) is 3.31. The predicted molar refractivity (Wildman–Crippen MR) is 140 cm³/mol. The predicted octanol–water partition coefficient (Wildman–Crippen LogP) is 4.47. The van der Waals surface area contributed by atoms with Gasteiger partial charge in [-0.3, -0.25) is 4.79 Å². The van der Waals surface area contributed by atoms with E-state index in [1.165, 1.54) is 7.11 Å². The number of rotatable bonds is 11. The van der Waals surface area contributed by atoms with E-state index in [2.05, 4.69) is 15.4 Å². The third-order valence-corrected chi connectivity index (χ3v) is 7.24. The van der Waals surface area contributed by atoms with E-state index in [4.69, 9.17) is 16.0 Å². The molecule has 2 amide bonds. The van der Waals surface area contributed by atoms with Crippen molar-refractivity contribution in [2.24, 2.45) is 5.92 Å². The van der Waals surface area contributed by atoms with Crippen molar-refractivity contribution in [3.05, 3.63) is 46.7 Å².